The Morgan fingerprint density at radius 3 is 2.36 bits per heavy atom. The number of hydrogen-bond acceptors (Lipinski definition) is 8. The molecule has 0 radical (unpaired) electrons. The Morgan fingerprint density at radius 1 is 0.911 bits per heavy atom. The zero-order valence-corrected chi connectivity index (χ0v) is 32.1. The van der Waals surface area contributed by atoms with Crippen molar-refractivity contribution in [1.29, 1.82) is 5.26 Å². The van der Waals surface area contributed by atoms with Crippen LogP contribution in [0, 0.1) is 23.1 Å². The van der Waals surface area contributed by atoms with Gasteiger partial charge in [-0.1, -0.05) is 37.3 Å². The Hall–Kier alpha value is -5.64. The number of anilines is 1. The van der Waals surface area contributed by atoms with E-state index < -0.39 is 0 Å². The molecule has 7 rings (SSSR count). The lowest BCUT2D eigenvalue weighted by atomic mass is 9.97. The highest BCUT2D eigenvalue weighted by Gasteiger charge is 2.23. The molecule has 5 aromatic rings. The Balaban J connectivity index is 1.01. The quantitative estimate of drug-likeness (QED) is 0.117. The molecule has 4 heterocycles. The molecule has 0 unspecified atom stereocenters. The van der Waals surface area contributed by atoms with E-state index in [2.05, 4.69) is 38.9 Å². The van der Waals surface area contributed by atoms with E-state index in [-0.39, 0.29) is 42.7 Å². The summed E-state index contributed by atoms with van der Waals surface area (Å²) in [5.74, 6) is -0.860. The fraction of sp³-hybridized carbons (Fsp3) is 0.386. The van der Waals surface area contributed by atoms with Crippen molar-refractivity contribution >= 4 is 28.5 Å². The van der Waals surface area contributed by atoms with Gasteiger partial charge in [0.2, 0.25) is 0 Å². The number of pyridine rings is 1. The predicted molar refractivity (Wildman–Crippen MR) is 214 cm³/mol. The van der Waals surface area contributed by atoms with Gasteiger partial charge in [-0.3, -0.25) is 14.5 Å². The maximum atomic E-state index is 15.2. The van der Waals surface area contributed by atoms with Gasteiger partial charge in [-0.25, -0.2) is 14.1 Å². The van der Waals surface area contributed by atoms with Gasteiger partial charge in [-0.05, 0) is 105 Å². The molecule has 56 heavy (non-hydrogen) atoms. The third-order valence-electron chi connectivity index (χ3n) is 10.9. The first-order valence-corrected chi connectivity index (χ1v) is 19.7. The van der Waals surface area contributed by atoms with Crippen molar-refractivity contribution in [3.63, 3.8) is 0 Å². The number of nitrogens with one attached hydrogen (secondary N) is 3. The largest absolute Gasteiger partial charge is 0.381 e. The first-order valence-electron chi connectivity index (χ1n) is 19.7. The number of amides is 2. The molecule has 2 aromatic heterocycles. The van der Waals surface area contributed by atoms with Crippen LogP contribution in [0.15, 0.2) is 72.9 Å². The van der Waals surface area contributed by atoms with Gasteiger partial charge in [0.05, 0.1) is 23.3 Å². The van der Waals surface area contributed by atoms with Crippen LogP contribution in [-0.2, 0) is 37.3 Å². The van der Waals surface area contributed by atoms with Crippen LogP contribution < -0.4 is 16.0 Å². The van der Waals surface area contributed by atoms with Crippen molar-refractivity contribution < 1.29 is 18.7 Å². The van der Waals surface area contributed by atoms with E-state index in [1.165, 1.54) is 6.07 Å². The van der Waals surface area contributed by atoms with Crippen LogP contribution in [0.3, 0.4) is 0 Å². The smallest absolute Gasteiger partial charge is 0.251 e. The minimum absolute atomic E-state index is 0.124. The Morgan fingerprint density at radius 2 is 1.64 bits per heavy atom. The molecular formula is C44H49FN8O3. The molecule has 3 aromatic carbocycles. The first-order chi connectivity index (χ1) is 27.3. The summed E-state index contributed by atoms with van der Waals surface area (Å²) in [6, 6.07) is 22.0. The summed E-state index contributed by atoms with van der Waals surface area (Å²) >= 11 is 0. The van der Waals surface area contributed by atoms with E-state index in [0.717, 1.165) is 90.0 Å². The van der Waals surface area contributed by atoms with Crippen molar-refractivity contribution in [3.05, 3.63) is 112 Å². The van der Waals surface area contributed by atoms with E-state index in [1.807, 2.05) is 42.1 Å². The number of carbonyl (C=O) groups excluding carboxylic acids is 2. The molecule has 2 fully saturated rings. The molecular weight excluding hydrogens is 708 g/mol. The number of benzene rings is 3. The number of carbonyl (C=O) groups is 2. The number of hydrogen-bond donors (Lipinski definition) is 3. The number of piperidine rings is 1. The lowest BCUT2D eigenvalue weighted by Crippen LogP contribution is -2.32. The molecule has 0 aliphatic carbocycles. The number of aryl methyl sites for hydroxylation is 2. The fourth-order valence-corrected chi connectivity index (χ4v) is 7.68. The van der Waals surface area contributed by atoms with Gasteiger partial charge in [-0.2, -0.15) is 10.4 Å². The monoisotopic (exact) mass is 756 g/mol. The van der Waals surface area contributed by atoms with Gasteiger partial charge in [-0.15, -0.1) is 0 Å². The number of halogens is 1. The highest BCUT2D eigenvalue weighted by atomic mass is 19.1. The fourth-order valence-electron chi connectivity index (χ4n) is 7.68. The van der Waals surface area contributed by atoms with Crippen LogP contribution in [0.1, 0.15) is 82.6 Å². The summed E-state index contributed by atoms with van der Waals surface area (Å²) in [5.41, 5.74) is 7.34. The number of aromatic nitrogens is 3. The Labute approximate surface area is 327 Å². The molecule has 3 N–H and O–H groups in total. The van der Waals surface area contributed by atoms with E-state index in [0.29, 0.717) is 42.9 Å². The normalized spacial score (nSPS) is 15.4. The second-order valence-corrected chi connectivity index (χ2v) is 14.6. The van der Waals surface area contributed by atoms with Crippen LogP contribution in [0.5, 0.6) is 0 Å². The maximum Gasteiger partial charge on any atom is 0.251 e. The Bertz CT molecular complexity index is 2230. The average molecular weight is 757 g/mol. The van der Waals surface area contributed by atoms with E-state index in [4.69, 9.17) is 9.72 Å². The summed E-state index contributed by atoms with van der Waals surface area (Å²) in [5, 5.41) is 24.5. The van der Waals surface area contributed by atoms with Gasteiger partial charge < -0.3 is 20.7 Å². The van der Waals surface area contributed by atoms with Crippen LogP contribution in [0.4, 0.5) is 10.1 Å². The zero-order chi connectivity index (χ0) is 39.0. The summed E-state index contributed by atoms with van der Waals surface area (Å²) in [7, 11) is 0. The van der Waals surface area contributed by atoms with Crippen LogP contribution in [-0.4, -0.2) is 63.8 Å². The average Bonchev–Trinajstić information content (AvgIpc) is 3.66. The lowest BCUT2D eigenvalue weighted by Gasteiger charge is -2.29. The standard InChI is InChI=1S/C44H49FN8O3/c1-3-40-37(41(50-35-15-19-56-20-16-35)38-27-49-53(4-2)42(38)51-40)26-48-44(55)34-10-6-9-33(23-34)43(54)47-25-30-11-12-39(45)36(22-30)32-8-5-7-31(21-32)28-52-17-13-29(24-46)14-18-52/h5-12,21-23,27,29,35H,3-4,13-20,25-26,28H2,1-2H3,(H,47,54)(H,48,55)(H,50,51). The van der Waals surface area contributed by atoms with Gasteiger partial charge in [0, 0.05) is 79.3 Å². The molecule has 11 nitrogen and oxygen atoms in total. The van der Waals surface area contributed by atoms with Gasteiger partial charge >= 0.3 is 0 Å². The molecule has 2 aliphatic heterocycles. The van der Waals surface area contributed by atoms with Gasteiger partial charge in [0.15, 0.2) is 5.65 Å². The molecule has 2 saturated heterocycles. The van der Waals surface area contributed by atoms with Crippen molar-refractivity contribution in [3.8, 4) is 17.2 Å². The number of nitrogens with zero attached hydrogens (tertiary/aromatic N) is 5. The molecule has 0 bridgehead atoms. The summed E-state index contributed by atoms with van der Waals surface area (Å²) < 4.78 is 22.6. The maximum absolute atomic E-state index is 15.2. The van der Waals surface area contributed by atoms with Crippen molar-refractivity contribution in [2.75, 3.05) is 31.6 Å². The van der Waals surface area contributed by atoms with Crippen LogP contribution >= 0.6 is 0 Å². The number of likely N-dealkylation sites (tertiary alicyclic amines) is 1. The second-order valence-electron chi connectivity index (χ2n) is 14.6. The molecule has 0 spiro atoms. The summed E-state index contributed by atoms with van der Waals surface area (Å²) in [4.78, 5) is 34.3. The zero-order valence-electron chi connectivity index (χ0n) is 32.1. The highest BCUT2D eigenvalue weighted by molar-refractivity contribution is 6.00. The van der Waals surface area contributed by atoms with E-state index in [1.54, 1.807) is 36.4 Å². The van der Waals surface area contributed by atoms with Crippen molar-refractivity contribution in [1.82, 2.24) is 30.3 Å². The summed E-state index contributed by atoms with van der Waals surface area (Å²) in [6.07, 6.45) is 6.03. The lowest BCUT2D eigenvalue weighted by molar-refractivity contribution is 0.0904. The molecule has 0 saturated carbocycles. The molecule has 2 amide bonds. The highest BCUT2D eigenvalue weighted by Crippen LogP contribution is 2.32. The topological polar surface area (TPSA) is 137 Å². The Kier molecular flexibility index (Phi) is 12.3. The van der Waals surface area contributed by atoms with Gasteiger partial charge in [0.1, 0.15) is 5.82 Å². The third-order valence-corrected chi connectivity index (χ3v) is 10.9. The number of rotatable bonds is 13. The minimum Gasteiger partial charge on any atom is -0.381 e. The third kappa shape index (κ3) is 8.91. The van der Waals surface area contributed by atoms with Crippen LogP contribution in [0.2, 0.25) is 0 Å². The van der Waals surface area contributed by atoms with Crippen molar-refractivity contribution in [2.45, 2.75) is 78.2 Å². The number of fused-ring (bicyclic) bond motifs is 1. The second kappa shape index (κ2) is 17.9. The number of nitriles is 1. The SMILES string of the molecule is CCc1nc2c(cnn2CC)c(NC2CCOCC2)c1CNC(=O)c1cccc(C(=O)NCc2ccc(F)c(-c3cccc(CN4CCC(C#N)CC4)c3)c2)c1. The predicted octanol–water partition coefficient (Wildman–Crippen LogP) is 7.01. The first kappa shape index (κ1) is 38.6. The minimum atomic E-state index is -0.341. The van der Waals surface area contributed by atoms with Crippen LogP contribution in [0.25, 0.3) is 22.2 Å². The molecule has 290 valence electrons. The molecule has 2 aliphatic rings. The molecule has 0 atom stereocenters. The van der Waals surface area contributed by atoms with E-state index >= 15 is 4.39 Å². The molecule has 12 heteroatoms. The van der Waals surface area contributed by atoms with Gasteiger partial charge in [0.25, 0.3) is 11.8 Å². The van der Waals surface area contributed by atoms with E-state index in [9.17, 15) is 14.9 Å². The summed E-state index contributed by atoms with van der Waals surface area (Å²) in [6.45, 7) is 9.11. The van der Waals surface area contributed by atoms with Crippen molar-refractivity contribution in [2.24, 2.45) is 5.92 Å². The number of ether oxygens (including phenoxy) is 1.